The molecule has 7 heteroatoms. The molecule has 1 saturated heterocycles. The molecule has 1 aliphatic heterocycles. The van der Waals surface area contributed by atoms with Gasteiger partial charge >= 0.3 is 0 Å². The zero-order valence-electron chi connectivity index (χ0n) is 11.5. The highest BCUT2D eigenvalue weighted by Crippen LogP contribution is 2.27. The summed E-state index contributed by atoms with van der Waals surface area (Å²) in [7, 11) is -1.66. The van der Waals surface area contributed by atoms with Gasteiger partial charge < -0.3 is 10.3 Å². The van der Waals surface area contributed by atoms with Gasteiger partial charge in [-0.25, -0.2) is 13.4 Å². The summed E-state index contributed by atoms with van der Waals surface area (Å²) >= 11 is 0. The van der Waals surface area contributed by atoms with Crippen LogP contribution in [0.5, 0.6) is 0 Å². The van der Waals surface area contributed by atoms with E-state index in [0.29, 0.717) is 18.9 Å². The molecule has 0 amide bonds. The Kier molecular flexibility index (Phi) is 4.27. The molecule has 2 N–H and O–H groups in total. The molecule has 0 aliphatic carbocycles. The lowest BCUT2D eigenvalue weighted by molar-refractivity contribution is 0.364. The standard InChI is InChI=1S/C12H22N4O2S/c1-10-14-12(9-15(10)2)19(17,18)16-8-4-6-11(16)5-3-7-13/h9,11H,3-8,13H2,1-2H3. The van der Waals surface area contributed by atoms with Crippen LogP contribution in [0.1, 0.15) is 31.5 Å². The number of sulfonamides is 1. The molecule has 1 fully saturated rings. The van der Waals surface area contributed by atoms with Crippen LogP contribution in [-0.4, -0.2) is 41.4 Å². The minimum Gasteiger partial charge on any atom is -0.337 e. The summed E-state index contributed by atoms with van der Waals surface area (Å²) in [5, 5.41) is 0.159. The molecule has 1 unspecified atom stereocenters. The van der Waals surface area contributed by atoms with E-state index in [2.05, 4.69) is 4.98 Å². The van der Waals surface area contributed by atoms with E-state index in [1.165, 1.54) is 0 Å². The van der Waals surface area contributed by atoms with E-state index in [0.717, 1.165) is 25.7 Å². The SMILES string of the molecule is Cc1nc(S(=O)(=O)N2CCCC2CCCN)cn1C. The average molecular weight is 286 g/mol. The summed E-state index contributed by atoms with van der Waals surface area (Å²) in [4.78, 5) is 4.15. The lowest BCUT2D eigenvalue weighted by Gasteiger charge is -2.22. The van der Waals surface area contributed by atoms with E-state index < -0.39 is 10.0 Å². The minimum absolute atomic E-state index is 0.0795. The van der Waals surface area contributed by atoms with Crippen molar-refractivity contribution in [2.24, 2.45) is 12.8 Å². The van der Waals surface area contributed by atoms with Crippen LogP contribution < -0.4 is 5.73 Å². The van der Waals surface area contributed by atoms with Gasteiger partial charge in [0, 0.05) is 25.8 Å². The second-order valence-corrected chi connectivity index (χ2v) is 6.92. The first-order valence-corrected chi connectivity index (χ1v) is 8.12. The first-order chi connectivity index (χ1) is 8.96. The van der Waals surface area contributed by atoms with Gasteiger partial charge in [-0.2, -0.15) is 4.31 Å². The van der Waals surface area contributed by atoms with Crippen molar-refractivity contribution in [2.75, 3.05) is 13.1 Å². The number of hydrogen-bond acceptors (Lipinski definition) is 4. The lowest BCUT2D eigenvalue weighted by atomic mass is 10.1. The monoisotopic (exact) mass is 286 g/mol. The molecule has 19 heavy (non-hydrogen) atoms. The van der Waals surface area contributed by atoms with Gasteiger partial charge in [0.05, 0.1) is 0 Å². The van der Waals surface area contributed by atoms with E-state index >= 15 is 0 Å². The van der Waals surface area contributed by atoms with E-state index in [4.69, 9.17) is 5.73 Å². The molecule has 0 saturated carbocycles. The molecule has 0 radical (unpaired) electrons. The third kappa shape index (κ3) is 2.82. The Hall–Kier alpha value is -0.920. The average Bonchev–Trinajstić information content (AvgIpc) is 2.95. The molecule has 2 rings (SSSR count). The number of aryl methyl sites for hydroxylation is 2. The van der Waals surface area contributed by atoms with Crippen LogP contribution in [0.25, 0.3) is 0 Å². The van der Waals surface area contributed by atoms with Crippen LogP contribution in [0.15, 0.2) is 11.2 Å². The number of nitrogens with two attached hydrogens (primary N) is 1. The van der Waals surface area contributed by atoms with Gasteiger partial charge in [-0.05, 0) is 39.2 Å². The maximum absolute atomic E-state index is 12.6. The maximum atomic E-state index is 12.6. The van der Waals surface area contributed by atoms with Crippen LogP contribution in [-0.2, 0) is 17.1 Å². The number of hydrogen-bond donors (Lipinski definition) is 1. The molecule has 2 heterocycles. The molecule has 1 aromatic heterocycles. The van der Waals surface area contributed by atoms with Crippen LogP contribution in [0.3, 0.4) is 0 Å². The zero-order valence-corrected chi connectivity index (χ0v) is 12.4. The van der Waals surface area contributed by atoms with Crippen LogP contribution in [0, 0.1) is 6.92 Å². The molecule has 1 aromatic rings. The van der Waals surface area contributed by atoms with E-state index in [9.17, 15) is 8.42 Å². The van der Waals surface area contributed by atoms with Crippen molar-refractivity contribution in [3.05, 3.63) is 12.0 Å². The van der Waals surface area contributed by atoms with Crippen molar-refractivity contribution in [2.45, 2.75) is 43.7 Å². The maximum Gasteiger partial charge on any atom is 0.262 e. The van der Waals surface area contributed by atoms with Crippen molar-refractivity contribution < 1.29 is 8.42 Å². The Morgan fingerprint density at radius 3 is 2.84 bits per heavy atom. The van der Waals surface area contributed by atoms with E-state index in [1.807, 2.05) is 0 Å². The fraction of sp³-hybridized carbons (Fsp3) is 0.750. The second kappa shape index (κ2) is 5.60. The van der Waals surface area contributed by atoms with Crippen LogP contribution in [0.4, 0.5) is 0 Å². The predicted molar refractivity (Wildman–Crippen MR) is 73.1 cm³/mol. The van der Waals surface area contributed by atoms with Gasteiger partial charge in [0.2, 0.25) is 0 Å². The van der Waals surface area contributed by atoms with Crippen molar-refractivity contribution in [1.29, 1.82) is 0 Å². The Labute approximate surface area is 114 Å². The highest BCUT2D eigenvalue weighted by molar-refractivity contribution is 7.89. The largest absolute Gasteiger partial charge is 0.337 e. The van der Waals surface area contributed by atoms with Crippen molar-refractivity contribution >= 4 is 10.0 Å². The minimum atomic E-state index is -3.46. The molecule has 6 nitrogen and oxygen atoms in total. The number of rotatable bonds is 5. The third-order valence-electron chi connectivity index (χ3n) is 3.72. The molecule has 0 spiro atoms. The summed E-state index contributed by atoms with van der Waals surface area (Å²) in [6.07, 6.45) is 5.12. The molecule has 1 aliphatic rings. The number of aromatic nitrogens is 2. The Morgan fingerprint density at radius 2 is 2.26 bits per heavy atom. The van der Waals surface area contributed by atoms with E-state index in [-0.39, 0.29) is 11.1 Å². The first kappa shape index (κ1) is 14.5. The predicted octanol–water partition coefficient (Wildman–Crippen LogP) is 0.621. The smallest absolute Gasteiger partial charge is 0.262 e. The molecule has 1 atom stereocenters. The molecular weight excluding hydrogens is 264 g/mol. The highest BCUT2D eigenvalue weighted by Gasteiger charge is 2.36. The van der Waals surface area contributed by atoms with Crippen molar-refractivity contribution in [3.8, 4) is 0 Å². The van der Waals surface area contributed by atoms with Gasteiger partial charge in [-0.1, -0.05) is 0 Å². The molecule has 108 valence electrons. The summed E-state index contributed by atoms with van der Waals surface area (Å²) in [5.74, 6) is 0.705. The third-order valence-corrected chi connectivity index (χ3v) is 5.55. The van der Waals surface area contributed by atoms with E-state index in [1.54, 1.807) is 29.0 Å². The summed E-state index contributed by atoms with van der Waals surface area (Å²) in [6.45, 7) is 3.00. The van der Waals surface area contributed by atoms with Crippen LogP contribution >= 0.6 is 0 Å². The van der Waals surface area contributed by atoms with Gasteiger partial charge in [0.25, 0.3) is 10.0 Å². The molecule has 0 bridgehead atoms. The van der Waals surface area contributed by atoms with Crippen molar-refractivity contribution in [3.63, 3.8) is 0 Å². The highest BCUT2D eigenvalue weighted by atomic mass is 32.2. The number of imidazole rings is 1. The number of nitrogens with zero attached hydrogens (tertiary/aromatic N) is 3. The van der Waals surface area contributed by atoms with Crippen molar-refractivity contribution in [1.82, 2.24) is 13.9 Å². The Bertz CT molecular complexity index is 518. The zero-order chi connectivity index (χ0) is 14.0. The van der Waals surface area contributed by atoms with Crippen LogP contribution in [0.2, 0.25) is 0 Å². The quantitative estimate of drug-likeness (QED) is 0.860. The fourth-order valence-electron chi connectivity index (χ4n) is 2.54. The van der Waals surface area contributed by atoms with Gasteiger partial charge in [-0.3, -0.25) is 0 Å². The lowest BCUT2D eigenvalue weighted by Crippen LogP contribution is -2.36. The summed E-state index contributed by atoms with van der Waals surface area (Å²) in [6, 6.07) is 0.0795. The van der Waals surface area contributed by atoms with Gasteiger partial charge in [-0.15, -0.1) is 0 Å². The summed E-state index contributed by atoms with van der Waals surface area (Å²) < 4.78 is 28.5. The molecule has 0 aromatic carbocycles. The fourth-order valence-corrected chi connectivity index (χ4v) is 4.29. The van der Waals surface area contributed by atoms with Gasteiger partial charge in [0.1, 0.15) is 5.82 Å². The topological polar surface area (TPSA) is 81.2 Å². The second-order valence-electron chi connectivity index (χ2n) is 5.08. The normalized spacial score (nSPS) is 21.1. The molecular formula is C12H22N4O2S. The first-order valence-electron chi connectivity index (χ1n) is 6.68. The Balaban J connectivity index is 2.23. The van der Waals surface area contributed by atoms with Gasteiger partial charge in [0.15, 0.2) is 5.03 Å². The Morgan fingerprint density at radius 1 is 1.53 bits per heavy atom. The summed E-state index contributed by atoms with van der Waals surface area (Å²) in [5.41, 5.74) is 5.51.